The van der Waals surface area contributed by atoms with Crippen LogP contribution in [0.1, 0.15) is 18.4 Å². The Morgan fingerprint density at radius 2 is 2.24 bits per heavy atom. The normalized spacial score (nSPS) is 20.4. The first kappa shape index (κ1) is 16.2. The van der Waals surface area contributed by atoms with Gasteiger partial charge in [0.25, 0.3) is 0 Å². The predicted octanol–water partition coefficient (Wildman–Crippen LogP) is 1.37. The van der Waals surface area contributed by atoms with Gasteiger partial charge in [0.2, 0.25) is 10.0 Å². The lowest BCUT2D eigenvalue weighted by Gasteiger charge is -2.30. The molecule has 0 saturated carbocycles. The maximum Gasteiger partial charge on any atom is 0.211 e. The summed E-state index contributed by atoms with van der Waals surface area (Å²) < 4.78 is 43.3. The van der Waals surface area contributed by atoms with Crippen LogP contribution in [0.4, 0.5) is 4.39 Å². The number of piperidine rings is 1. The standard InChI is InChI=1S/C14H20FNO4S/c1-21(18,19)16-6-2-3-11(8-16)10-20-14-5-4-13(15)7-12(14)9-17/h4-5,7,11,17H,2-3,6,8-10H2,1H3. The average Bonchev–Trinajstić information content (AvgIpc) is 2.45. The van der Waals surface area contributed by atoms with Crippen LogP contribution in [-0.4, -0.2) is 43.8 Å². The van der Waals surface area contributed by atoms with E-state index in [9.17, 15) is 17.9 Å². The molecule has 1 fully saturated rings. The number of nitrogens with zero attached hydrogens (tertiary/aromatic N) is 1. The fourth-order valence-electron chi connectivity index (χ4n) is 2.48. The molecular formula is C14H20FNO4S. The third kappa shape index (κ3) is 4.39. The molecule has 1 heterocycles. The van der Waals surface area contributed by atoms with Gasteiger partial charge >= 0.3 is 0 Å². The average molecular weight is 317 g/mol. The number of aliphatic hydroxyl groups excluding tert-OH is 1. The smallest absolute Gasteiger partial charge is 0.211 e. The highest BCUT2D eigenvalue weighted by atomic mass is 32.2. The highest BCUT2D eigenvalue weighted by Gasteiger charge is 2.26. The van der Waals surface area contributed by atoms with E-state index in [-0.39, 0.29) is 12.5 Å². The Morgan fingerprint density at radius 3 is 2.90 bits per heavy atom. The van der Waals surface area contributed by atoms with Crippen LogP contribution < -0.4 is 4.74 Å². The Labute approximate surface area is 124 Å². The highest BCUT2D eigenvalue weighted by molar-refractivity contribution is 7.88. The van der Waals surface area contributed by atoms with E-state index in [0.717, 1.165) is 12.8 Å². The molecule has 0 bridgehead atoms. The monoisotopic (exact) mass is 317 g/mol. The number of halogens is 1. The van der Waals surface area contributed by atoms with Gasteiger partial charge in [0.05, 0.1) is 19.5 Å². The third-order valence-electron chi connectivity index (χ3n) is 3.62. The molecule has 1 saturated heterocycles. The molecule has 1 N–H and O–H groups in total. The Hall–Kier alpha value is -1.18. The lowest BCUT2D eigenvalue weighted by atomic mass is 10.0. The first-order valence-electron chi connectivity index (χ1n) is 6.87. The molecule has 118 valence electrons. The SMILES string of the molecule is CS(=O)(=O)N1CCCC(COc2ccc(F)cc2CO)C1. The Balaban J connectivity index is 1.97. The van der Waals surface area contributed by atoms with Crippen LogP contribution in [0, 0.1) is 11.7 Å². The number of hydrogen-bond acceptors (Lipinski definition) is 4. The zero-order valence-electron chi connectivity index (χ0n) is 12.0. The Kier molecular flexibility index (Phi) is 5.18. The molecule has 0 spiro atoms. The van der Waals surface area contributed by atoms with Crippen molar-refractivity contribution in [3.05, 3.63) is 29.6 Å². The molecule has 0 radical (unpaired) electrons. The molecule has 5 nitrogen and oxygen atoms in total. The van der Waals surface area contributed by atoms with Gasteiger partial charge in [-0.25, -0.2) is 17.1 Å². The van der Waals surface area contributed by atoms with E-state index >= 15 is 0 Å². The second-order valence-electron chi connectivity index (χ2n) is 5.35. The van der Waals surface area contributed by atoms with Crippen molar-refractivity contribution in [1.82, 2.24) is 4.31 Å². The van der Waals surface area contributed by atoms with Crippen molar-refractivity contribution in [2.24, 2.45) is 5.92 Å². The molecule has 7 heteroatoms. The van der Waals surface area contributed by atoms with Gasteiger partial charge in [0.1, 0.15) is 11.6 Å². The van der Waals surface area contributed by atoms with Crippen molar-refractivity contribution in [3.63, 3.8) is 0 Å². The van der Waals surface area contributed by atoms with Crippen molar-refractivity contribution in [1.29, 1.82) is 0 Å². The van der Waals surface area contributed by atoms with Gasteiger partial charge in [-0.2, -0.15) is 0 Å². The van der Waals surface area contributed by atoms with Crippen LogP contribution in [0.15, 0.2) is 18.2 Å². The van der Waals surface area contributed by atoms with Gasteiger partial charge in [-0.1, -0.05) is 0 Å². The minimum atomic E-state index is -3.17. The van der Waals surface area contributed by atoms with Crippen molar-refractivity contribution in [2.75, 3.05) is 26.0 Å². The first-order chi connectivity index (χ1) is 9.90. The molecule has 1 unspecified atom stereocenters. The molecule has 0 aliphatic carbocycles. The Morgan fingerprint density at radius 1 is 1.48 bits per heavy atom. The van der Waals surface area contributed by atoms with Crippen LogP contribution in [0.5, 0.6) is 5.75 Å². The molecule has 1 aliphatic rings. The summed E-state index contributed by atoms with van der Waals surface area (Å²) in [6, 6.07) is 4.00. The van der Waals surface area contributed by atoms with E-state index in [2.05, 4.69) is 0 Å². The summed E-state index contributed by atoms with van der Waals surface area (Å²) >= 11 is 0. The van der Waals surface area contributed by atoms with Crippen LogP contribution in [0.2, 0.25) is 0 Å². The zero-order chi connectivity index (χ0) is 15.5. The number of rotatable bonds is 5. The summed E-state index contributed by atoms with van der Waals surface area (Å²) in [4.78, 5) is 0. The van der Waals surface area contributed by atoms with Crippen molar-refractivity contribution in [2.45, 2.75) is 19.4 Å². The fraction of sp³-hybridized carbons (Fsp3) is 0.571. The molecular weight excluding hydrogens is 297 g/mol. The summed E-state index contributed by atoms with van der Waals surface area (Å²) in [7, 11) is -3.17. The summed E-state index contributed by atoms with van der Waals surface area (Å²) in [5, 5.41) is 9.19. The van der Waals surface area contributed by atoms with Gasteiger partial charge in [-0.15, -0.1) is 0 Å². The molecule has 0 aromatic heterocycles. The number of hydrogen-bond donors (Lipinski definition) is 1. The molecule has 0 amide bonds. The maximum atomic E-state index is 13.1. The molecule has 2 rings (SSSR count). The zero-order valence-corrected chi connectivity index (χ0v) is 12.8. The van der Waals surface area contributed by atoms with Gasteiger partial charge in [-0.05, 0) is 31.0 Å². The second-order valence-corrected chi connectivity index (χ2v) is 7.33. The van der Waals surface area contributed by atoms with Crippen molar-refractivity contribution >= 4 is 10.0 Å². The summed E-state index contributed by atoms with van der Waals surface area (Å²) in [5.41, 5.74) is 0.394. The quantitative estimate of drug-likeness (QED) is 0.891. The summed E-state index contributed by atoms with van der Waals surface area (Å²) in [6.45, 7) is 1.04. The predicted molar refractivity (Wildman–Crippen MR) is 77.0 cm³/mol. The lowest BCUT2D eigenvalue weighted by molar-refractivity contribution is 0.176. The second kappa shape index (κ2) is 6.72. The van der Waals surface area contributed by atoms with E-state index in [1.54, 1.807) is 0 Å². The van der Waals surface area contributed by atoms with Gasteiger partial charge in [0.15, 0.2) is 0 Å². The number of sulfonamides is 1. The van der Waals surface area contributed by atoms with Crippen molar-refractivity contribution in [3.8, 4) is 5.75 Å². The topological polar surface area (TPSA) is 66.8 Å². The van der Waals surface area contributed by atoms with E-state index in [1.807, 2.05) is 0 Å². The van der Waals surface area contributed by atoms with E-state index in [4.69, 9.17) is 4.74 Å². The number of aliphatic hydroxyl groups is 1. The van der Waals surface area contributed by atoms with E-state index in [1.165, 1.54) is 28.8 Å². The molecule has 1 aliphatic heterocycles. The van der Waals surface area contributed by atoms with Crippen LogP contribution in [-0.2, 0) is 16.6 Å². The minimum absolute atomic E-state index is 0.102. The molecule has 1 atom stereocenters. The van der Waals surface area contributed by atoms with Gasteiger partial charge in [0, 0.05) is 24.6 Å². The summed E-state index contributed by atoms with van der Waals surface area (Å²) in [5.74, 6) is 0.118. The van der Waals surface area contributed by atoms with Gasteiger partial charge in [-0.3, -0.25) is 0 Å². The van der Waals surface area contributed by atoms with Crippen LogP contribution in [0.25, 0.3) is 0 Å². The fourth-order valence-corrected chi connectivity index (χ4v) is 3.43. The highest BCUT2D eigenvalue weighted by Crippen LogP contribution is 2.23. The largest absolute Gasteiger partial charge is 0.493 e. The summed E-state index contributed by atoms with van der Waals surface area (Å²) in [6.07, 6.45) is 2.90. The maximum absolute atomic E-state index is 13.1. The van der Waals surface area contributed by atoms with Crippen LogP contribution in [0.3, 0.4) is 0 Å². The number of ether oxygens (including phenoxy) is 1. The van der Waals surface area contributed by atoms with Crippen LogP contribution >= 0.6 is 0 Å². The van der Waals surface area contributed by atoms with E-state index in [0.29, 0.717) is 31.0 Å². The number of benzene rings is 1. The van der Waals surface area contributed by atoms with Crippen molar-refractivity contribution < 1.29 is 22.7 Å². The minimum Gasteiger partial charge on any atom is -0.493 e. The first-order valence-corrected chi connectivity index (χ1v) is 8.72. The van der Waals surface area contributed by atoms with E-state index < -0.39 is 15.8 Å². The third-order valence-corrected chi connectivity index (χ3v) is 4.89. The molecule has 1 aromatic rings. The molecule has 21 heavy (non-hydrogen) atoms. The Bertz CT molecular complexity index is 591. The lowest BCUT2D eigenvalue weighted by Crippen LogP contribution is -2.40. The van der Waals surface area contributed by atoms with Gasteiger partial charge < -0.3 is 9.84 Å². The molecule has 1 aromatic carbocycles.